The van der Waals surface area contributed by atoms with Gasteiger partial charge in [0, 0.05) is 18.2 Å². The van der Waals surface area contributed by atoms with E-state index in [4.69, 9.17) is 0 Å². The lowest BCUT2D eigenvalue weighted by Gasteiger charge is -2.14. The van der Waals surface area contributed by atoms with Crippen molar-refractivity contribution in [3.63, 3.8) is 0 Å². The van der Waals surface area contributed by atoms with Crippen molar-refractivity contribution in [2.75, 3.05) is 5.32 Å². The van der Waals surface area contributed by atoms with Crippen LogP contribution in [-0.2, 0) is 6.54 Å². The van der Waals surface area contributed by atoms with Crippen molar-refractivity contribution < 1.29 is 0 Å². The Hall–Kier alpha value is -2.28. The van der Waals surface area contributed by atoms with Crippen LogP contribution in [0.4, 0.5) is 5.69 Å². The number of hydrogen-bond acceptors (Lipinski definition) is 1. The summed E-state index contributed by atoms with van der Waals surface area (Å²) in [5.41, 5.74) is 5.26. The van der Waals surface area contributed by atoms with Gasteiger partial charge >= 0.3 is 0 Å². The molecule has 0 amide bonds. The fourth-order valence-corrected chi connectivity index (χ4v) is 2.62. The molecule has 1 heteroatoms. The summed E-state index contributed by atoms with van der Waals surface area (Å²) >= 11 is 0. The van der Waals surface area contributed by atoms with Crippen LogP contribution in [0.3, 0.4) is 0 Å². The topological polar surface area (TPSA) is 12.0 Å². The van der Waals surface area contributed by atoms with Crippen molar-refractivity contribution in [2.45, 2.75) is 19.4 Å². The SMILES string of the molecule is CC1=CC(c2ccccc2CNc2ccccc2)C=C1. The predicted octanol–water partition coefficient (Wildman–Crippen LogP) is 4.90. The number of hydrogen-bond donors (Lipinski definition) is 1. The Kier molecular flexibility index (Phi) is 3.69. The Balaban J connectivity index is 1.78. The molecule has 20 heavy (non-hydrogen) atoms. The molecule has 1 atom stereocenters. The van der Waals surface area contributed by atoms with Crippen molar-refractivity contribution in [1.82, 2.24) is 0 Å². The maximum atomic E-state index is 3.49. The van der Waals surface area contributed by atoms with Gasteiger partial charge in [-0.2, -0.15) is 0 Å². The second kappa shape index (κ2) is 5.79. The second-order valence-corrected chi connectivity index (χ2v) is 5.21. The zero-order valence-corrected chi connectivity index (χ0v) is 11.7. The molecule has 0 spiro atoms. The minimum atomic E-state index is 0.420. The maximum absolute atomic E-state index is 3.49. The number of benzene rings is 2. The van der Waals surface area contributed by atoms with Gasteiger partial charge in [-0.1, -0.05) is 66.3 Å². The fourth-order valence-electron chi connectivity index (χ4n) is 2.62. The summed E-state index contributed by atoms with van der Waals surface area (Å²) in [4.78, 5) is 0. The van der Waals surface area contributed by atoms with Gasteiger partial charge in [0.25, 0.3) is 0 Å². The van der Waals surface area contributed by atoms with Gasteiger partial charge in [0.15, 0.2) is 0 Å². The van der Waals surface area contributed by atoms with Crippen LogP contribution in [0.5, 0.6) is 0 Å². The fraction of sp³-hybridized carbons (Fsp3) is 0.158. The molecule has 1 aliphatic carbocycles. The molecule has 1 unspecified atom stereocenters. The molecule has 0 saturated heterocycles. The molecule has 0 radical (unpaired) electrons. The Bertz CT molecular complexity index is 638. The van der Waals surface area contributed by atoms with E-state index in [-0.39, 0.29) is 0 Å². The van der Waals surface area contributed by atoms with Crippen LogP contribution in [-0.4, -0.2) is 0 Å². The molecule has 0 bridgehead atoms. The zero-order valence-electron chi connectivity index (χ0n) is 11.7. The van der Waals surface area contributed by atoms with E-state index in [2.05, 4.69) is 79.0 Å². The predicted molar refractivity (Wildman–Crippen MR) is 85.8 cm³/mol. The van der Waals surface area contributed by atoms with Crippen LogP contribution in [0.1, 0.15) is 24.0 Å². The summed E-state index contributed by atoms with van der Waals surface area (Å²) in [7, 11) is 0. The highest BCUT2D eigenvalue weighted by molar-refractivity contribution is 5.47. The van der Waals surface area contributed by atoms with E-state index in [1.54, 1.807) is 0 Å². The van der Waals surface area contributed by atoms with Gasteiger partial charge in [0.1, 0.15) is 0 Å². The van der Waals surface area contributed by atoms with Gasteiger partial charge in [0.05, 0.1) is 0 Å². The Morgan fingerprint density at radius 3 is 2.45 bits per heavy atom. The molecule has 0 aliphatic heterocycles. The standard InChI is InChI=1S/C19H19N/c1-15-11-12-16(13-15)19-10-6-5-7-17(19)14-20-18-8-3-2-4-9-18/h2-13,16,20H,14H2,1H3. The number of allylic oxidation sites excluding steroid dienone is 4. The minimum absolute atomic E-state index is 0.420. The summed E-state index contributed by atoms with van der Waals surface area (Å²) in [5.74, 6) is 0.420. The van der Waals surface area contributed by atoms with E-state index in [0.717, 1.165) is 12.2 Å². The zero-order chi connectivity index (χ0) is 13.8. The Morgan fingerprint density at radius 2 is 1.70 bits per heavy atom. The van der Waals surface area contributed by atoms with E-state index in [1.165, 1.54) is 16.7 Å². The van der Waals surface area contributed by atoms with E-state index >= 15 is 0 Å². The average Bonchev–Trinajstić information content (AvgIpc) is 2.93. The number of anilines is 1. The average molecular weight is 261 g/mol. The third kappa shape index (κ3) is 2.83. The van der Waals surface area contributed by atoms with Gasteiger partial charge in [-0.3, -0.25) is 0 Å². The van der Waals surface area contributed by atoms with Crippen molar-refractivity contribution in [3.8, 4) is 0 Å². The number of para-hydroxylation sites is 1. The van der Waals surface area contributed by atoms with Crippen LogP contribution in [0.2, 0.25) is 0 Å². The van der Waals surface area contributed by atoms with Crippen LogP contribution in [0.15, 0.2) is 78.4 Å². The molecule has 0 fully saturated rings. The third-order valence-corrected chi connectivity index (χ3v) is 3.68. The van der Waals surface area contributed by atoms with Crippen molar-refractivity contribution in [2.24, 2.45) is 0 Å². The first-order valence-electron chi connectivity index (χ1n) is 7.06. The number of rotatable bonds is 4. The molecule has 1 nitrogen and oxygen atoms in total. The molecule has 2 aromatic rings. The van der Waals surface area contributed by atoms with Crippen LogP contribution < -0.4 is 5.32 Å². The molecule has 100 valence electrons. The van der Waals surface area contributed by atoms with Crippen molar-refractivity contribution in [3.05, 3.63) is 89.5 Å². The van der Waals surface area contributed by atoms with Gasteiger partial charge < -0.3 is 5.32 Å². The Morgan fingerprint density at radius 1 is 0.950 bits per heavy atom. The summed E-state index contributed by atoms with van der Waals surface area (Å²) in [5, 5.41) is 3.49. The van der Waals surface area contributed by atoms with Gasteiger partial charge in [-0.05, 0) is 30.2 Å². The lowest BCUT2D eigenvalue weighted by atomic mass is 9.95. The van der Waals surface area contributed by atoms with Gasteiger partial charge in [0.2, 0.25) is 0 Å². The van der Waals surface area contributed by atoms with E-state index in [1.807, 2.05) is 6.07 Å². The highest BCUT2D eigenvalue weighted by Gasteiger charge is 2.13. The van der Waals surface area contributed by atoms with Crippen molar-refractivity contribution in [1.29, 1.82) is 0 Å². The van der Waals surface area contributed by atoms with Gasteiger partial charge in [-0.25, -0.2) is 0 Å². The summed E-state index contributed by atoms with van der Waals surface area (Å²) in [6.45, 7) is 3.01. The lowest BCUT2D eigenvalue weighted by Crippen LogP contribution is -2.04. The molecular formula is C19H19N. The summed E-state index contributed by atoms with van der Waals surface area (Å²) in [6, 6.07) is 19.0. The smallest absolute Gasteiger partial charge is 0.0403 e. The van der Waals surface area contributed by atoms with Crippen LogP contribution >= 0.6 is 0 Å². The molecular weight excluding hydrogens is 242 g/mol. The van der Waals surface area contributed by atoms with E-state index in [0.29, 0.717) is 5.92 Å². The largest absolute Gasteiger partial charge is 0.381 e. The molecule has 3 rings (SSSR count). The Labute approximate surface area is 120 Å². The number of nitrogens with one attached hydrogen (secondary N) is 1. The molecule has 1 aliphatic rings. The second-order valence-electron chi connectivity index (χ2n) is 5.21. The molecule has 1 N–H and O–H groups in total. The highest BCUT2D eigenvalue weighted by atomic mass is 14.9. The van der Waals surface area contributed by atoms with Crippen LogP contribution in [0, 0.1) is 0 Å². The van der Waals surface area contributed by atoms with Crippen LogP contribution in [0.25, 0.3) is 0 Å². The monoisotopic (exact) mass is 261 g/mol. The van der Waals surface area contributed by atoms with Gasteiger partial charge in [-0.15, -0.1) is 0 Å². The lowest BCUT2D eigenvalue weighted by molar-refractivity contribution is 1.02. The molecule has 0 heterocycles. The van der Waals surface area contributed by atoms with E-state index < -0.39 is 0 Å². The summed E-state index contributed by atoms with van der Waals surface area (Å²) < 4.78 is 0. The molecule has 2 aromatic carbocycles. The molecule has 0 aromatic heterocycles. The normalized spacial score (nSPS) is 17.1. The minimum Gasteiger partial charge on any atom is -0.381 e. The maximum Gasteiger partial charge on any atom is 0.0403 e. The molecule has 0 saturated carbocycles. The van der Waals surface area contributed by atoms with Crippen molar-refractivity contribution >= 4 is 5.69 Å². The third-order valence-electron chi connectivity index (χ3n) is 3.68. The van der Waals surface area contributed by atoms with E-state index in [9.17, 15) is 0 Å². The first kappa shape index (κ1) is 12.7. The quantitative estimate of drug-likeness (QED) is 0.825. The highest BCUT2D eigenvalue weighted by Crippen LogP contribution is 2.29. The first-order chi connectivity index (χ1) is 9.83. The first-order valence-corrected chi connectivity index (χ1v) is 7.06. The summed E-state index contributed by atoms with van der Waals surface area (Å²) in [6.07, 6.45) is 6.80.